The van der Waals surface area contributed by atoms with E-state index in [4.69, 9.17) is 4.74 Å². The molecule has 1 aromatic heterocycles. The first-order chi connectivity index (χ1) is 7.03. The summed E-state index contributed by atoms with van der Waals surface area (Å²) in [6.07, 6.45) is 3.87. The number of aryl methyl sites for hydroxylation is 1. The quantitative estimate of drug-likeness (QED) is 0.675. The minimum atomic E-state index is -2.87. The summed E-state index contributed by atoms with van der Waals surface area (Å²) in [6, 6.07) is 0. The van der Waals surface area contributed by atoms with E-state index in [9.17, 15) is 8.42 Å². The Morgan fingerprint density at radius 3 is 2.80 bits per heavy atom. The Bertz CT molecular complexity index is 397. The van der Waals surface area contributed by atoms with Gasteiger partial charge in [0.25, 0.3) is 0 Å². The van der Waals surface area contributed by atoms with Gasteiger partial charge >= 0.3 is 0 Å². The molecule has 86 valence electrons. The number of hydrogen-bond acceptors (Lipinski definition) is 4. The number of hydrogen-bond donors (Lipinski definition) is 0. The first kappa shape index (κ1) is 12.0. The van der Waals surface area contributed by atoms with Crippen LogP contribution in [0.4, 0.5) is 0 Å². The largest absolute Gasteiger partial charge is 0.490 e. The molecule has 0 saturated carbocycles. The van der Waals surface area contributed by atoms with Crippen molar-refractivity contribution in [3.8, 4) is 5.75 Å². The molecule has 5 nitrogen and oxygen atoms in total. The maximum absolute atomic E-state index is 11.1. The third-order valence-electron chi connectivity index (χ3n) is 1.99. The van der Waals surface area contributed by atoms with Crippen molar-refractivity contribution in [2.24, 2.45) is 7.05 Å². The molecule has 0 aliphatic heterocycles. The molecule has 1 aromatic rings. The highest BCUT2D eigenvalue weighted by atomic mass is 32.2. The highest BCUT2D eigenvalue weighted by Gasteiger charge is 2.06. The minimum Gasteiger partial charge on any atom is -0.490 e. The van der Waals surface area contributed by atoms with E-state index in [-0.39, 0.29) is 11.5 Å². The van der Waals surface area contributed by atoms with Crippen molar-refractivity contribution in [2.45, 2.75) is 13.3 Å². The van der Waals surface area contributed by atoms with Crippen molar-refractivity contribution in [1.29, 1.82) is 0 Å². The second-order valence-corrected chi connectivity index (χ2v) is 5.76. The highest BCUT2D eigenvalue weighted by molar-refractivity contribution is 7.91. The lowest BCUT2D eigenvalue weighted by Gasteiger charge is -2.03. The van der Waals surface area contributed by atoms with E-state index >= 15 is 0 Å². The highest BCUT2D eigenvalue weighted by Crippen LogP contribution is 2.07. The predicted octanol–water partition coefficient (Wildman–Crippen LogP) is 0.624. The molecule has 0 spiro atoms. The zero-order valence-electron chi connectivity index (χ0n) is 9.01. The van der Waals surface area contributed by atoms with Gasteiger partial charge in [-0.25, -0.2) is 8.42 Å². The summed E-state index contributed by atoms with van der Waals surface area (Å²) in [5.41, 5.74) is 0. The van der Waals surface area contributed by atoms with Crippen LogP contribution in [0.1, 0.15) is 13.3 Å². The van der Waals surface area contributed by atoms with Gasteiger partial charge in [0, 0.05) is 12.8 Å². The van der Waals surface area contributed by atoms with Crippen molar-refractivity contribution < 1.29 is 13.2 Å². The fourth-order valence-electron chi connectivity index (χ4n) is 1.09. The zero-order chi connectivity index (χ0) is 11.3. The molecule has 6 heteroatoms. The van der Waals surface area contributed by atoms with E-state index < -0.39 is 9.84 Å². The van der Waals surface area contributed by atoms with Crippen LogP contribution < -0.4 is 4.74 Å². The molecule has 1 rings (SSSR count). The van der Waals surface area contributed by atoms with Gasteiger partial charge < -0.3 is 4.74 Å². The summed E-state index contributed by atoms with van der Waals surface area (Å²) >= 11 is 0. The Hall–Kier alpha value is -1.04. The van der Waals surface area contributed by atoms with Crippen LogP contribution in [0.3, 0.4) is 0 Å². The average molecular weight is 232 g/mol. The topological polar surface area (TPSA) is 61.2 Å². The lowest BCUT2D eigenvalue weighted by atomic mass is 10.5. The van der Waals surface area contributed by atoms with Gasteiger partial charge in [-0.2, -0.15) is 5.10 Å². The third kappa shape index (κ3) is 4.33. The van der Waals surface area contributed by atoms with Crippen LogP contribution in [-0.2, 0) is 16.9 Å². The van der Waals surface area contributed by atoms with E-state index in [0.29, 0.717) is 18.8 Å². The van der Waals surface area contributed by atoms with Crippen LogP contribution in [-0.4, -0.2) is 36.3 Å². The number of sulfone groups is 1. The van der Waals surface area contributed by atoms with Gasteiger partial charge in [0.1, 0.15) is 9.84 Å². The Balaban J connectivity index is 2.23. The molecule has 0 amide bonds. The minimum absolute atomic E-state index is 0.184. The van der Waals surface area contributed by atoms with E-state index in [1.165, 1.54) is 0 Å². The molecule has 0 saturated heterocycles. The molecule has 0 unspecified atom stereocenters. The van der Waals surface area contributed by atoms with Gasteiger partial charge in [-0.15, -0.1) is 0 Å². The Morgan fingerprint density at radius 2 is 2.27 bits per heavy atom. The second-order valence-electron chi connectivity index (χ2n) is 3.29. The lowest BCUT2D eigenvalue weighted by molar-refractivity contribution is 0.317. The second kappa shape index (κ2) is 5.16. The Kier molecular flexibility index (Phi) is 4.14. The van der Waals surface area contributed by atoms with Crippen molar-refractivity contribution in [3.63, 3.8) is 0 Å². The van der Waals surface area contributed by atoms with Crippen LogP contribution in [0.2, 0.25) is 0 Å². The summed E-state index contributed by atoms with van der Waals surface area (Å²) in [7, 11) is -1.07. The molecule has 0 aliphatic carbocycles. The molecule has 0 aliphatic rings. The fourth-order valence-corrected chi connectivity index (χ4v) is 1.93. The summed E-state index contributed by atoms with van der Waals surface area (Å²) in [5, 5.41) is 3.93. The van der Waals surface area contributed by atoms with Gasteiger partial charge in [0.2, 0.25) is 0 Å². The Labute approximate surface area is 90.0 Å². The van der Waals surface area contributed by atoms with Gasteiger partial charge in [-0.3, -0.25) is 4.68 Å². The van der Waals surface area contributed by atoms with Crippen molar-refractivity contribution >= 4 is 9.84 Å². The fraction of sp³-hybridized carbons (Fsp3) is 0.667. The number of nitrogens with zero attached hydrogens (tertiary/aromatic N) is 2. The van der Waals surface area contributed by atoms with E-state index in [1.807, 2.05) is 0 Å². The van der Waals surface area contributed by atoms with Crippen LogP contribution in [0.15, 0.2) is 12.4 Å². The Morgan fingerprint density at radius 1 is 1.53 bits per heavy atom. The van der Waals surface area contributed by atoms with Crippen LogP contribution in [0.5, 0.6) is 5.75 Å². The molecular formula is C9H16N2O3S. The molecular weight excluding hydrogens is 216 g/mol. The normalized spacial score (nSPS) is 11.6. The summed E-state index contributed by atoms with van der Waals surface area (Å²) in [5.74, 6) is 1.05. The third-order valence-corrected chi connectivity index (χ3v) is 3.78. The van der Waals surface area contributed by atoms with Crippen molar-refractivity contribution in [1.82, 2.24) is 9.78 Å². The SMILES string of the molecule is CCS(=O)(=O)CCCOc1cnn(C)c1. The smallest absolute Gasteiger partial charge is 0.157 e. The number of aromatic nitrogens is 2. The van der Waals surface area contributed by atoms with Crippen LogP contribution in [0.25, 0.3) is 0 Å². The van der Waals surface area contributed by atoms with Gasteiger partial charge in [-0.05, 0) is 6.42 Å². The van der Waals surface area contributed by atoms with Crippen LogP contribution in [0, 0.1) is 0 Å². The number of rotatable bonds is 6. The monoisotopic (exact) mass is 232 g/mol. The van der Waals surface area contributed by atoms with E-state index in [1.54, 1.807) is 31.0 Å². The van der Waals surface area contributed by atoms with E-state index in [2.05, 4.69) is 5.10 Å². The summed E-state index contributed by atoms with van der Waals surface area (Å²) in [6.45, 7) is 2.06. The molecule has 1 heterocycles. The molecule has 0 radical (unpaired) electrons. The van der Waals surface area contributed by atoms with Crippen LogP contribution >= 0.6 is 0 Å². The molecule has 0 atom stereocenters. The summed E-state index contributed by atoms with van der Waals surface area (Å²) in [4.78, 5) is 0. The first-order valence-corrected chi connectivity index (χ1v) is 6.67. The summed E-state index contributed by atoms with van der Waals surface area (Å²) < 4.78 is 29.2. The van der Waals surface area contributed by atoms with Gasteiger partial charge in [0.15, 0.2) is 5.75 Å². The maximum atomic E-state index is 11.1. The van der Waals surface area contributed by atoms with Crippen molar-refractivity contribution in [2.75, 3.05) is 18.1 Å². The molecule has 0 bridgehead atoms. The van der Waals surface area contributed by atoms with Crippen molar-refractivity contribution in [3.05, 3.63) is 12.4 Å². The molecule has 15 heavy (non-hydrogen) atoms. The van der Waals surface area contributed by atoms with Gasteiger partial charge in [-0.1, -0.05) is 6.92 Å². The number of ether oxygens (including phenoxy) is 1. The zero-order valence-corrected chi connectivity index (χ0v) is 9.83. The lowest BCUT2D eigenvalue weighted by Crippen LogP contribution is -2.11. The average Bonchev–Trinajstić information content (AvgIpc) is 2.59. The molecule has 0 fully saturated rings. The van der Waals surface area contributed by atoms with Gasteiger partial charge in [0.05, 0.1) is 24.8 Å². The first-order valence-electron chi connectivity index (χ1n) is 4.85. The van der Waals surface area contributed by atoms with E-state index in [0.717, 1.165) is 0 Å². The standard InChI is InChI=1S/C9H16N2O3S/c1-3-15(12,13)6-4-5-14-9-7-10-11(2)8-9/h7-8H,3-6H2,1-2H3. The maximum Gasteiger partial charge on any atom is 0.157 e. The molecule has 0 N–H and O–H groups in total. The molecule has 0 aromatic carbocycles. The predicted molar refractivity (Wildman–Crippen MR) is 57.6 cm³/mol.